The lowest BCUT2D eigenvalue weighted by atomic mass is 10.1. The van der Waals surface area contributed by atoms with E-state index < -0.39 is 34.2 Å². The van der Waals surface area contributed by atoms with Crippen LogP contribution in [-0.2, 0) is 27.5 Å². The molecule has 0 unspecified atom stereocenters. The van der Waals surface area contributed by atoms with E-state index in [-0.39, 0.29) is 17.0 Å². The minimum absolute atomic E-state index is 0.00233. The summed E-state index contributed by atoms with van der Waals surface area (Å²) in [6.07, 6.45) is -3.72. The molecule has 11 heteroatoms. The van der Waals surface area contributed by atoms with Crippen molar-refractivity contribution >= 4 is 38.1 Å². The number of halogens is 4. The Kier molecular flexibility index (Phi) is 8.24. The quantitative estimate of drug-likeness (QED) is 0.321. The molecule has 3 rings (SSSR count). The molecule has 6 nitrogen and oxygen atoms in total. The lowest BCUT2D eigenvalue weighted by Gasteiger charge is -2.21. The van der Waals surface area contributed by atoms with Crippen LogP contribution in [0.5, 0.6) is 0 Å². The molecule has 1 N–H and O–H groups in total. The number of carbonyl (C=O) groups excluding carboxylic acids is 1. The largest absolute Gasteiger partial charge is 0.417 e. The minimum Gasteiger partial charge on any atom is -0.272 e. The van der Waals surface area contributed by atoms with Gasteiger partial charge in [-0.1, -0.05) is 64.5 Å². The highest BCUT2D eigenvalue weighted by Crippen LogP contribution is 2.31. The third-order valence-corrected chi connectivity index (χ3v) is 6.97. The molecule has 1 amide bonds. The van der Waals surface area contributed by atoms with E-state index >= 15 is 0 Å². The van der Waals surface area contributed by atoms with E-state index in [0.29, 0.717) is 5.56 Å². The van der Waals surface area contributed by atoms with Crippen LogP contribution in [-0.4, -0.2) is 31.4 Å². The van der Waals surface area contributed by atoms with E-state index in [0.717, 1.165) is 21.1 Å². The summed E-state index contributed by atoms with van der Waals surface area (Å²) in [5.41, 5.74) is 1.60. The van der Waals surface area contributed by atoms with Crippen LogP contribution >= 0.6 is 15.9 Å². The first-order valence-corrected chi connectivity index (χ1v) is 12.1. The number of alkyl halides is 3. The number of rotatable bonds is 8. The van der Waals surface area contributed by atoms with Gasteiger partial charge in [-0.05, 0) is 35.9 Å². The van der Waals surface area contributed by atoms with Crippen LogP contribution in [0.25, 0.3) is 0 Å². The molecule has 0 heterocycles. The lowest BCUT2D eigenvalue weighted by Crippen LogP contribution is -2.39. The van der Waals surface area contributed by atoms with Crippen molar-refractivity contribution in [2.75, 3.05) is 6.54 Å². The zero-order chi connectivity index (χ0) is 24.8. The molecule has 0 fully saturated rings. The van der Waals surface area contributed by atoms with Crippen molar-refractivity contribution in [3.63, 3.8) is 0 Å². The standard InChI is InChI=1S/C23H19BrF3N3O3S/c24-19-12-10-17(11-13-19)15-30(34(32,33)20-7-2-1-3-8-20)16-22(31)29-28-14-18-6-4-5-9-21(18)23(25,26)27/h1-14H,15-16H2,(H,29,31)/b28-14+. The number of hydrazone groups is 1. The van der Waals surface area contributed by atoms with Gasteiger partial charge in [0.25, 0.3) is 5.91 Å². The maximum Gasteiger partial charge on any atom is 0.417 e. The Morgan fingerprint density at radius 3 is 2.24 bits per heavy atom. The molecule has 3 aromatic rings. The number of sulfonamides is 1. The van der Waals surface area contributed by atoms with Crippen LogP contribution in [0.3, 0.4) is 0 Å². The van der Waals surface area contributed by atoms with Crippen LogP contribution in [0.2, 0.25) is 0 Å². The summed E-state index contributed by atoms with van der Waals surface area (Å²) < 4.78 is 67.4. The number of amides is 1. The molecule has 0 bridgehead atoms. The fraction of sp³-hybridized carbons (Fsp3) is 0.130. The van der Waals surface area contributed by atoms with Gasteiger partial charge < -0.3 is 0 Å². The van der Waals surface area contributed by atoms with Crippen molar-refractivity contribution in [2.45, 2.75) is 17.6 Å². The summed E-state index contributed by atoms with van der Waals surface area (Å²) in [7, 11) is -4.05. The summed E-state index contributed by atoms with van der Waals surface area (Å²) in [6.45, 7) is -0.690. The van der Waals surface area contributed by atoms with Gasteiger partial charge in [0.05, 0.1) is 23.2 Å². The molecule has 0 aliphatic carbocycles. The third kappa shape index (κ3) is 6.75. The molecule has 0 saturated carbocycles. The van der Waals surface area contributed by atoms with Gasteiger partial charge in [0.2, 0.25) is 10.0 Å². The maximum atomic E-state index is 13.2. The number of nitrogens with one attached hydrogen (secondary N) is 1. The van der Waals surface area contributed by atoms with Crippen molar-refractivity contribution in [2.24, 2.45) is 5.10 Å². The van der Waals surface area contributed by atoms with Crippen molar-refractivity contribution in [3.05, 3.63) is 100 Å². The van der Waals surface area contributed by atoms with Gasteiger partial charge in [-0.2, -0.15) is 22.6 Å². The summed E-state index contributed by atoms with van der Waals surface area (Å²) in [5, 5.41) is 3.59. The van der Waals surface area contributed by atoms with Gasteiger partial charge in [-0.25, -0.2) is 13.8 Å². The van der Waals surface area contributed by atoms with Crippen LogP contribution in [0.1, 0.15) is 16.7 Å². The maximum absolute atomic E-state index is 13.2. The predicted octanol–water partition coefficient (Wildman–Crippen LogP) is 4.81. The Morgan fingerprint density at radius 2 is 1.59 bits per heavy atom. The fourth-order valence-electron chi connectivity index (χ4n) is 3.00. The minimum atomic E-state index is -4.59. The molecular formula is C23H19BrF3N3O3S. The van der Waals surface area contributed by atoms with Gasteiger partial charge in [-0.15, -0.1) is 0 Å². The second kappa shape index (κ2) is 10.9. The number of benzene rings is 3. The van der Waals surface area contributed by atoms with Crippen molar-refractivity contribution in [3.8, 4) is 0 Å². The molecule has 0 saturated heterocycles. The van der Waals surface area contributed by atoms with E-state index in [4.69, 9.17) is 0 Å². The van der Waals surface area contributed by atoms with E-state index in [1.165, 1.54) is 30.3 Å². The van der Waals surface area contributed by atoms with E-state index in [1.807, 2.05) is 0 Å². The molecule has 0 atom stereocenters. The molecule has 0 aliphatic heterocycles. The number of hydrogen-bond acceptors (Lipinski definition) is 4. The average Bonchev–Trinajstić information content (AvgIpc) is 2.80. The summed E-state index contributed by atoms with van der Waals surface area (Å²) in [4.78, 5) is 12.5. The Hall–Kier alpha value is -3.02. The van der Waals surface area contributed by atoms with E-state index in [2.05, 4.69) is 26.5 Å². The highest BCUT2D eigenvalue weighted by molar-refractivity contribution is 9.10. The van der Waals surface area contributed by atoms with E-state index in [1.54, 1.807) is 42.5 Å². The topological polar surface area (TPSA) is 78.8 Å². The second-order valence-electron chi connectivity index (χ2n) is 7.09. The Bertz CT molecular complexity index is 1270. The Morgan fingerprint density at radius 1 is 0.971 bits per heavy atom. The molecular weight excluding hydrogens is 535 g/mol. The number of carbonyl (C=O) groups is 1. The molecule has 0 aliphatic rings. The molecule has 34 heavy (non-hydrogen) atoms. The molecule has 0 aromatic heterocycles. The second-order valence-corrected chi connectivity index (χ2v) is 9.94. The number of nitrogens with zero attached hydrogens (tertiary/aromatic N) is 2. The monoisotopic (exact) mass is 553 g/mol. The van der Waals surface area contributed by atoms with Crippen LogP contribution in [0.4, 0.5) is 13.2 Å². The zero-order valence-electron chi connectivity index (χ0n) is 17.5. The first-order chi connectivity index (χ1) is 16.1. The Balaban J connectivity index is 1.79. The van der Waals surface area contributed by atoms with Gasteiger partial charge in [0, 0.05) is 16.6 Å². The zero-order valence-corrected chi connectivity index (χ0v) is 19.9. The predicted molar refractivity (Wildman–Crippen MR) is 125 cm³/mol. The Labute approximate surface area is 203 Å². The first-order valence-electron chi connectivity index (χ1n) is 9.85. The van der Waals surface area contributed by atoms with Crippen LogP contribution in [0.15, 0.2) is 93.3 Å². The molecule has 178 valence electrons. The van der Waals surface area contributed by atoms with Crippen LogP contribution in [0, 0.1) is 0 Å². The highest BCUT2D eigenvalue weighted by atomic mass is 79.9. The normalized spacial score (nSPS) is 12.3. The summed E-state index contributed by atoms with van der Waals surface area (Å²) in [5.74, 6) is -0.808. The average molecular weight is 554 g/mol. The van der Waals surface area contributed by atoms with Crippen molar-refractivity contribution in [1.82, 2.24) is 9.73 Å². The smallest absolute Gasteiger partial charge is 0.272 e. The fourth-order valence-corrected chi connectivity index (χ4v) is 4.67. The highest BCUT2D eigenvalue weighted by Gasteiger charge is 2.32. The van der Waals surface area contributed by atoms with Crippen molar-refractivity contribution < 1.29 is 26.4 Å². The molecule has 3 aromatic carbocycles. The SMILES string of the molecule is O=C(CN(Cc1ccc(Br)cc1)S(=O)(=O)c1ccccc1)N/N=C/c1ccccc1C(F)(F)F. The van der Waals surface area contributed by atoms with Crippen LogP contribution < -0.4 is 5.43 Å². The third-order valence-electron chi connectivity index (χ3n) is 4.63. The summed E-state index contributed by atoms with van der Waals surface area (Å²) >= 11 is 3.31. The van der Waals surface area contributed by atoms with Gasteiger partial charge in [-0.3, -0.25) is 4.79 Å². The van der Waals surface area contributed by atoms with Gasteiger partial charge in [0.1, 0.15) is 0 Å². The van der Waals surface area contributed by atoms with Crippen molar-refractivity contribution in [1.29, 1.82) is 0 Å². The first kappa shape index (κ1) is 25.6. The lowest BCUT2D eigenvalue weighted by molar-refractivity contribution is -0.137. The molecule has 0 spiro atoms. The van der Waals surface area contributed by atoms with Gasteiger partial charge >= 0.3 is 6.18 Å². The van der Waals surface area contributed by atoms with Gasteiger partial charge in [0.15, 0.2) is 0 Å². The molecule has 0 radical (unpaired) electrons. The van der Waals surface area contributed by atoms with E-state index in [9.17, 15) is 26.4 Å². The summed E-state index contributed by atoms with van der Waals surface area (Å²) in [6, 6.07) is 19.3. The number of hydrogen-bond donors (Lipinski definition) is 1.